The molecule has 0 atom stereocenters. The van der Waals surface area contributed by atoms with Crippen molar-refractivity contribution in [2.75, 3.05) is 0 Å². The van der Waals surface area contributed by atoms with E-state index in [1.807, 2.05) is 12.1 Å². The first kappa shape index (κ1) is 13.1. The van der Waals surface area contributed by atoms with E-state index >= 15 is 0 Å². The Labute approximate surface area is 109 Å². The molecule has 0 bridgehead atoms. The van der Waals surface area contributed by atoms with E-state index in [0.717, 1.165) is 11.6 Å². The van der Waals surface area contributed by atoms with Gasteiger partial charge in [0.25, 0.3) is 5.69 Å². The summed E-state index contributed by atoms with van der Waals surface area (Å²) in [4.78, 5) is 14.2. The first-order valence-corrected chi connectivity index (χ1v) is 5.69. The maximum Gasteiger partial charge on any atom is 0.274 e. The van der Waals surface area contributed by atoms with Crippen LogP contribution < -0.4 is 5.32 Å². The van der Waals surface area contributed by atoms with Crippen molar-refractivity contribution in [3.05, 3.63) is 69.8 Å². The van der Waals surface area contributed by atoms with Crippen LogP contribution in [0.2, 0.25) is 0 Å². The maximum absolute atomic E-state index is 13.1. The molecule has 1 heterocycles. The van der Waals surface area contributed by atoms with Gasteiger partial charge in [-0.2, -0.15) is 0 Å². The van der Waals surface area contributed by atoms with Crippen molar-refractivity contribution >= 4 is 5.69 Å². The monoisotopic (exact) mass is 261 g/mol. The van der Waals surface area contributed by atoms with Crippen LogP contribution in [0.25, 0.3) is 0 Å². The van der Waals surface area contributed by atoms with Crippen molar-refractivity contribution in [1.82, 2.24) is 10.3 Å². The highest BCUT2D eigenvalue weighted by molar-refractivity contribution is 5.40. The minimum Gasteiger partial charge on any atom is -0.308 e. The van der Waals surface area contributed by atoms with Gasteiger partial charge in [-0.3, -0.25) is 15.1 Å². The largest absolute Gasteiger partial charge is 0.308 e. The summed E-state index contributed by atoms with van der Waals surface area (Å²) in [5.74, 6) is -0.480. The summed E-state index contributed by atoms with van der Waals surface area (Å²) in [5, 5.41) is 13.9. The topological polar surface area (TPSA) is 68.1 Å². The van der Waals surface area contributed by atoms with Gasteiger partial charge in [0.1, 0.15) is 5.82 Å². The molecule has 98 valence electrons. The molecule has 5 nitrogen and oxygen atoms in total. The zero-order valence-electron chi connectivity index (χ0n) is 10.0. The van der Waals surface area contributed by atoms with Crippen LogP contribution in [0.1, 0.15) is 11.1 Å². The predicted molar refractivity (Wildman–Crippen MR) is 67.8 cm³/mol. The van der Waals surface area contributed by atoms with Crippen molar-refractivity contribution < 1.29 is 9.31 Å². The third-order valence-electron chi connectivity index (χ3n) is 2.63. The fourth-order valence-electron chi connectivity index (χ4n) is 1.72. The van der Waals surface area contributed by atoms with E-state index in [2.05, 4.69) is 10.3 Å². The lowest BCUT2D eigenvalue weighted by Crippen LogP contribution is -2.14. The van der Waals surface area contributed by atoms with E-state index in [1.54, 1.807) is 12.4 Å². The molecule has 0 unspecified atom stereocenters. The van der Waals surface area contributed by atoms with Crippen LogP contribution >= 0.6 is 0 Å². The molecule has 0 aliphatic rings. The minimum atomic E-state index is -0.511. The third kappa shape index (κ3) is 3.56. The SMILES string of the molecule is O=[N+]([O-])c1ccc(F)cc1CNCc1ccncc1. The van der Waals surface area contributed by atoms with Crippen LogP contribution in [0.4, 0.5) is 10.1 Å². The second kappa shape index (κ2) is 6.01. The summed E-state index contributed by atoms with van der Waals surface area (Å²) < 4.78 is 13.1. The van der Waals surface area contributed by atoms with Gasteiger partial charge < -0.3 is 5.32 Å². The lowest BCUT2D eigenvalue weighted by atomic mass is 10.1. The van der Waals surface area contributed by atoms with Crippen molar-refractivity contribution in [1.29, 1.82) is 0 Å². The standard InChI is InChI=1S/C13H12FN3O2/c14-12-1-2-13(17(18)19)11(7-12)9-16-8-10-3-5-15-6-4-10/h1-7,16H,8-9H2. The van der Waals surface area contributed by atoms with Crippen molar-refractivity contribution in [2.24, 2.45) is 0 Å². The van der Waals surface area contributed by atoms with Gasteiger partial charge in [0.05, 0.1) is 4.92 Å². The Morgan fingerprint density at radius 2 is 1.95 bits per heavy atom. The van der Waals surface area contributed by atoms with Crippen LogP contribution in [-0.2, 0) is 13.1 Å². The number of nitrogens with one attached hydrogen (secondary N) is 1. The summed E-state index contributed by atoms with van der Waals surface area (Å²) in [6.45, 7) is 0.770. The first-order valence-electron chi connectivity index (χ1n) is 5.69. The fraction of sp³-hybridized carbons (Fsp3) is 0.154. The molecule has 2 aromatic rings. The highest BCUT2D eigenvalue weighted by Gasteiger charge is 2.13. The molecular formula is C13H12FN3O2. The quantitative estimate of drug-likeness (QED) is 0.663. The Morgan fingerprint density at radius 1 is 1.21 bits per heavy atom. The van der Waals surface area contributed by atoms with Gasteiger partial charge in [-0.05, 0) is 29.8 Å². The molecule has 0 amide bonds. The second-order valence-electron chi connectivity index (χ2n) is 3.99. The van der Waals surface area contributed by atoms with E-state index in [1.165, 1.54) is 12.1 Å². The lowest BCUT2D eigenvalue weighted by Gasteiger charge is -2.06. The maximum atomic E-state index is 13.1. The Hall–Kier alpha value is -2.34. The average Bonchev–Trinajstić information content (AvgIpc) is 2.39. The van der Waals surface area contributed by atoms with Crippen LogP contribution in [-0.4, -0.2) is 9.91 Å². The average molecular weight is 261 g/mol. The van der Waals surface area contributed by atoms with Gasteiger partial charge in [-0.15, -0.1) is 0 Å². The molecule has 0 radical (unpaired) electrons. The normalized spacial score (nSPS) is 10.4. The number of hydrogen-bond acceptors (Lipinski definition) is 4. The van der Waals surface area contributed by atoms with Crippen LogP contribution in [0, 0.1) is 15.9 Å². The number of nitro groups is 1. The van der Waals surface area contributed by atoms with Gasteiger partial charge in [0, 0.05) is 37.1 Å². The molecule has 2 rings (SSSR count). The Bertz CT molecular complexity index is 575. The predicted octanol–water partition coefficient (Wildman–Crippen LogP) is 2.42. The molecule has 0 saturated carbocycles. The Balaban J connectivity index is 2.03. The molecular weight excluding hydrogens is 249 g/mol. The zero-order valence-corrected chi connectivity index (χ0v) is 10.0. The number of halogens is 1. The van der Waals surface area contributed by atoms with E-state index in [-0.39, 0.29) is 12.2 Å². The van der Waals surface area contributed by atoms with E-state index in [9.17, 15) is 14.5 Å². The lowest BCUT2D eigenvalue weighted by molar-refractivity contribution is -0.385. The highest BCUT2D eigenvalue weighted by atomic mass is 19.1. The van der Waals surface area contributed by atoms with Gasteiger partial charge in [-0.25, -0.2) is 4.39 Å². The molecule has 1 aromatic carbocycles. The highest BCUT2D eigenvalue weighted by Crippen LogP contribution is 2.19. The van der Waals surface area contributed by atoms with E-state index < -0.39 is 10.7 Å². The van der Waals surface area contributed by atoms with Crippen molar-refractivity contribution in [2.45, 2.75) is 13.1 Å². The number of nitro benzene ring substituents is 1. The smallest absolute Gasteiger partial charge is 0.274 e. The molecule has 6 heteroatoms. The minimum absolute atomic E-state index is 0.0800. The number of benzene rings is 1. The molecule has 0 aliphatic heterocycles. The van der Waals surface area contributed by atoms with E-state index in [0.29, 0.717) is 12.1 Å². The van der Waals surface area contributed by atoms with Gasteiger partial charge >= 0.3 is 0 Å². The summed E-state index contributed by atoms with van der Waals surface area (Å²) in [5.41, 5.74) is 1.26. The molecule has 1 aromatic heterocycles. The number of aromatic nitrogens is 1. The number of rotatable bonds is 5. The zero-order chi connectivity index (χ0) is 13.7. The summed E-state index contributed by atoms with van der Waals surface area (Å²) in [6.07, 6.45) is 3.34. The molecule has 0 fully saturated rings. The summed E-state index contributed by atoms with van der Waals surface area (Å²) in [7, 11) is 0. The third-order valence-corrected chi connectivity index (χ3v) is 2.63. The van der Waals surface area contributed by atoms with E-state index in [4.69, 9.17) is 0 Å². The Kier molecular flexibility index (Phi) is 4.15. The number of nitrogens with zero attached hydrogens (tertiary/aromatic N) is 2. The van der Waals surface area contributed by atoms with Crippen LogP contribution in [0.3, 0.4) is 0 Å². The van der Waals surface area contributed by atoms with Crippen LogP contribution in [0.15, 0.2) is 42.7 Å². The summed E-state index contributed by atoms with van der Waals surface area (Å²) in [6, 6.07) is 7.13. The molecule has 0 spiro atoms. The fourth-order valence-corrected chi connectivity index (χ4v) is 1.72. The first-order chi connectivity index (χ1) is 9.16. The number of hydrogen-bond donors (Lipinski definition) is 1. The molecule has 0 saturated heterocycles. The molecule has 1 N–H and O–H groups in total. The molecule has 19 heavy (non-hydrogen) atoms. The summed E-state index contributed by atoms with van der Waals surface area (Å²) >= 11 is 0. The molecule has 0 aliphatic carbocycles. The van der Waals surface area contributed by atoms with Crippen molar-refractivity contribution in [3.8, 4) is 0 Å². The van der Waals surface area contributed by atoms with Gasteiger partial charge in [0.15, 0.2) is 0 Å². The van der Waals surface area contributed by atoms with Gasteiger partial charge in [0.2, 0.25) is 0 Å². The number of pyridine rings is 1. The Morgan fingerprint density at radius 3 is 2.63 bits per heavy atom. The van der Waals surface area contributed by atoms with Crippen LogP contribution in [0.5, 0.6) is 0 Å². The van der Waals surface area contributed by atoms with Gasteiger partial charge in [-0.1, -0.05) is 0 Å². The second-order valence-corrected chi connectivity index (χ2v) is 3.99. The van der Waals surface area contributed by atoms with Crippen molar-refractivity contribution in [3.63, 3.8) is 0 Å².